The van der Waals surface area contributed by atoms with Crippen LogP contribution in [0, 0.1) is 13.8 Å². The number of benzene rings is 1. The van der Waals surface area contributed by atoms with Crippen LogP contribution in [0.1, 0.15) is 53.2 Å². The van der Waals surface area contributed by atoms with Gasteiger partial charge >= 0.3 is 0 Å². The molecular formula is C21H27N5O2. The zero-order valence-electron chi connectivity index (χ0n) is 16.9. The van der Waals surface area contributed by atoms with Crippen molar-refractivity contribution in [3.8, 4) is 0 Å². The molecule has 1 aliphatic rings. The van der Waals surface area contributed by atoms with Crippen LogP contribution in [0.2, 0.25) is 0 Å². The number of aromatic nitrogens is 4. The van der Waals surface area contributed by atoms with Crippen molar-refractivity contribution in [1.29, 1.82) is 0 Å². The van der Waals surface area contributed by atoms with Crippen molar-refractivity contribution in [2.45, 2.75) is 39.3 Å². The van der Waals surface area contributed by atoms with Gasteiger partial charge in [0.15, 0.2) is 0 Å². The van der Waals surface area contributed by atoms with Crippen molar-refractivity contribution < 1.29 is 9.26 Å². The van der Waals surface area contributed by atoms with Crippen molar-refractivity contribution in [3.63, 3.8) is 0 Å². The lowest BCUT2D eigenvalue weighted by molar-refractivity contribution is -0.0380. The van der Waals surface area contributed by atoms with Gasteiger partial charge in [0, 0.05) is 37.9 Å². The van der Waals surface area contributed by atoms with Gasteiger partial charge in [-0.25, -0.2) is 0 Å². The first-order chi connectivity index (χ1) is 13.5. The Kier molecular flexibility index (Phi) is 5.28. The van der Waals surface area contributed by atoms with Crippen molar-refractivity contribution in [3.05, 3.63) is 64.6 Å². The standard InChI is InChI=1S/C21H27N5O2/c1-14(19-15(2)23-25(4)16(19)3)21-22-20(24-28-21)18-13-26(10-11-27-18)12-17-8-6-5-7-9-17/h5-9,14,18H,10-13H2,1-4H3. The maximum atomic E-state index is 5.94. The Hall–Kier alpha value is -2.51. The van der Waals surface area contributed by atoms with Crippen LogP contribution in [0.25, 0.3) is 0 Å². The number of nitrogens with zero attached hydrogens (tertiary/aromatic N) is 5. The summed E-state index contributed by atoms with van der Waals surface area (Å²) >= 11 is 0. The molecule has 2 aromatic heterocycles. The van der Waals surface area contributed by atoms with Crippen molar-refractivity contribution >= 4 is 0 Å². The van der Waals surface area contributed by atoms with E-state index in [4.69, 9.17) is 9.26 Å². The lowest BCUT2D eigenvalue weighted by atomic mass is 9.99. The molecular weight excluding hydrogens is 354 g/mol. The molecule has 0 radical (unpaired) electrons. The van der Waals surface area contributed by atoms with E-state index in [1.54, 1.807) is 0 Å². The summed E-state index contributed by atoms with van der Waals surface area (Å²) in [5, 5.41) is 8.73. The van der Waals surface area contributed by atoms with E-state index in [2.05, 4.69) is 58.3 Å². The molecule has 1 aliphatic heterocycles. The second-order valence-corrected chi connectivity index (χ2v) is 7.50. The molecule has 7 nitrogen and oxygen atoms in total. The maximum absolute atomic E-state index is 5.94. The summed E-state index contributed by atoms with van der Waals surface area (Å²) in [5.74, 6) is 1.23. The van der Waals surface area contributed by atoms with Crippen LogP contribution >= 0.6 is 0 Å². The van der Waals surface area contributed by atoms with E-state index in [-0.39, 0.29) is 12.0 Å². The van der Waals surface area contributed by atoms with Crippen LogP contribution in [0.3, 0.4) is 0 Å². The Labute approximate surface area is 165 Å². The molecule has 4 rings (SSSR count). The molecule has 0 saturated carbocycles. The highest BCUT2D eigenvalue weighted by Crippen LogP contribution is 2.29. The van der Waals surface area contributed by atoms with E-state index in [1.807, 2.05) is 24.7 Å². The average Bonchev–Trinajstić information content (AvgIpc) is 3.28. The van der Waals surface area contributed by atoms with Gasteiger partial charge in [0.2, 0.25) is 11.7 Å². The molecule has 1 aromatic carbocycles. The molecule has 0 aliphatic carbocycles. The van der Waals surface area contributed by atoms with Gasteiger partial charge in [-0.2, -0.15) is 10.1 Å². The van der Waals surface area contributed by atoms with Gasteiger partial charge in [-0.15, -0.1) is 0 Å². The van der Waals surface area contributed by atoms with Crippen LogP contribution in [0.4, 0.5) is 0 Å². The van der Waals surface area contributed by atoms with E-state index < -0.39 is 0 Å². The summed E-state index contributed by atoms with van der Waals surface area (Å²) in [7, 11) is 1.95. The molecule has 2 atom stereocenters. The average molecular weight is 381 g/mol. The first kappa shape index (κ1) is 18.8. The summed E-state index contributed by atoms with van der Waals surface area (Å²) < 4.78 is 13.4. The normalized spacial score (nSPS) is 19.1. The quantitative estimate of drug-likeness (QED) is 0.676. The molecule has 28 heavy (non-hydrogen) atoms. The first-order valence-corrected chi connectivity index (χ1v) is 9.74. The molecule has 3 heterocycles. The molecule has 0 bridgehead atoms. The number of aryl methyl sites for hydroxylation is 2. The highest BCUT2D eigenvalue weighted by Gasteiger charge is 2.29. The van der Waals surface area contributed by atoms with Gasteiger partial charge in [-0.05, 0) is 26.3 Å². The van der Waals surface area contributed by atoms with E-state index in [1.165, 1.54) is 5.56 Å². The molecule has 0 spiro atoms. The summed E-state index contributed by atoms with van der Waals surface area (Å²) in [6.07, 6.45) is -0.168. The maximum Gasteiger partial charge on any atom is 0.234 e. The molecule has 2 unspecified atom stereocenters. The number of hydrogen-bond acceptors (Lipinski definition) is 6. The molecule has 1 fully saturated rings. The van der Waals surface area contributed by atoms with E-state index >= 15 is 0 Å². The second-order valence-electron chi connectivity index (χ2n) is 7.50. The number of morpholine rings is 1. The number of ether oxygens (including phenoxy) is 1. The fraction of sp³-hybridized carbons (Fsp3) is 0.476. The van der Waals surface area contributed by atoms with E-state index in [9.17, 15) is 0 Å². The lowest BCUT2D eigenvalue weighted by Crippen LogP contribution is -2.38. The van der Waals surface area contributed by atoms with Crippen molar-refractivity contribution in [2.24, 2.45) is 7.05 Å². The topological polar surface area (TPSA) is 69.2 Å². The fourth-order valence-electron chi connectivity index (χ4n) is 3.94. The first-order valence-electron chi connectivity index (χ1n) is 9.74. The van der Waals surface area contributed by atoms with Crippen LogP contribution in [-0.4, -0.2) is 44.5 Å². The predicted molar refractivity (Wildman–Crippen MR) is 105 cm³/mol. The molecule has 3 aromatic rings. The van der Waals surface area contributed by atoms with Crippen LogP contribution in [0.5, 0.6) is 0 Å². The van der Waals surface area contributed by atoms with Gasteiger partial charge in [-0.1, -0.05) is 35.5 Å². The third-order valence-electron chi connectivity index (χ3n) is 5.51. The van der Waals surface area contributed by atoms with E-state index in [0.717, 1.165) is 36.6 Å². The third kappa shape index (κ3) is 3.72. The predicted octanol–water partition coefficient (Wildman–Crippen LogP) is 3.15. The Morgan fingerprint density at radius 3 is 2.71 bits per heavy atom. The summed E-state index contributed by atoms with van der Waals surface area (Å²) in [6, 6.07) is 10.5. The minimum absolute atomic E-state index is 0.000961. The van der Waals surface area contributed by atoms with Crippen LogP contribution in [0.15, 0.2) is 34.9 Å². The smallest absolute Gasteiger partial charge is 0.234 e. The monoisotopic (exact) mass is 381 g/mol. The second kappa shape index (κ2) is 7.85. The summed E-state index contributed by atoms with van der Waals surface area (Å²) in [4.78, 5) is 7.05. The number of hydrogen-bond donors (Lipinski definition) is 0. The van der Waals surface area contributed by atoms with Crippen molar-refractivity contribution in [1.82, 2.24) is 24.8 Å². The Morgan fingerprint density at radius 1 is 1.21 bits per heavy atom. The van der Waals surface area contributed by atoms with Gasteiger partial charge in [-0.3, -0.25) is 9.58 Å². The van der Waals surface area contributed by atoms with Gasteiger partial charge in [0.25, 0.3) is 0 Å². The Morgan fingerprint density at radius 2 is 2.00 bits per heavy atom. The highest BCUT2D eigenvalue weighted by molar-refractivity contribution is 5.31. The highest BCUT2D eigenvalue weighted by atomic mass is 16.5. The van der Waals surface area contributed by atoms with Gasteiger partial charge in [0.1, 0.15) is 6.10 Å². The number of rotatable bonds is 5. The minimum Gasteiger partial charge on any atom is -0.367 e. The third-order valence-corrected chi connectivity index (χ3v) is 5.51. The Balaban J connectivity index is 1.47. The zero-order valence-corrected chi connectivity index (χ0v) is 16.9. The summed E-state index contributed by atoms with van der Waals surface area (Å²) in [5.41, 5.74) is 4.56. The molecule has 0 amide bonds. The van der Waals surface area contributed by atoms with E-state index in [0.29, 0.717) is 18.3 Å². The van der Waals surface area contributed by atoms with Crippen molar-refractivity contribution in [2.75, 3.05) is 19.7 Å². The largest absolute Gasteiger partial charge is 0.367 e. The van der Waals surface area contributed by atoms with Crippen LogP contribution in [-0.2, 0) is 18.3 Å². The lowest BCUT2D eigenvalue weighted by Gasteiger charge is -2.31. The Bertz CT molecular complexity index is 934. The van der Waals surface area contributed by atoms with Gasteiger partial charge in [0.05, 0.1) is 18.2 Å². The van der Waals surface area contributed by atoms with Crippen LogP contribution < -0.4 is 0 Å². The van der Waals surface area contributed by atoms with Gasteiger partial charge < -0.3 is 9.26 Å². The molecule has 148 valence electrons. The molecule has 7 heteroatoms. The minimum atomic E-state index is -0.168. The zero-order chi connectivity index (χ0) is 19.7. The SMILES string of the molecule is Cc1nn(C)c(C)c1C(C)c1nc(C2CN(Cc3ccccc3)CCO2)no1. The molecule has 0 N–H and O–H groups in total. The summed E-state index contributed by atoms with van der Waals surface area (Å²) in [6.45, 7) is 9.38. The fourth-order valence-corrected chi connectivity index (χ4v) is 3.94. The molecule has 1 saturated heterocycles.